The molecule has 2 aliphatic carbocycles. The molecule has 6 heteroatoms. The van der Waals surface area contributed by atoms with Crippen LogP contribution in [0.1, 0.15) is 35.9 Å². The summed E-state index contributed by atoms with van der Waals surface area (Å²) < 4.78 is 5.53. The maximum absolute atomic E-state index is 12.8. The fraction of sp³-hybridized carbons (Fsp3) is 0.706. The van der Waals surface area contributed by atoms with E-state index in [0.717, 1.165) is 11.8 Å². The maximum Gasteiger partial charge on any atom is 0.258 e. The molecule has 124 valence electrons. The van der Waals surface area contributed by atoms with Crippen LogP contribution in [-0.4, -0.2) is 53.1 Å². The second kappa shape index (κ2) is 5.44. The average Bonchev–Trinajstić information content (AvgIpc) is 3.10. The van der Waals surface area contributed by atoms with Gasteiger partial charge < -0.3 is 15.0 Å². The van der Waals surface area contributed by atoms with Crippen LogP contribution in [0, 0.1) is 24.7 Å². The fourth-order valence-electron chi connectivity index (χ4n) is 5.05. The number of nitrogens with zero attached hydrogens (tertiary/aromatic N) is 3. The van der Waals surface area contributed by atoms with Crippen molar-refractivity contribution in [2.75, 3.05) is 20.2 Å². The summed E-state index contributed by atoms with van der Waals surface area (Å²) in [5.41, 5.74) is 0.442. The third-order valence-corrected chi connectivity index (χ3v) is 5.83. The van der Waals surface area contributed by atoms with Gasteiger partial charge in [-0.3, -0.25) is 4.79 Å². The van der Waals surface area contributed by atoms with Crippen molar-refractivity contribution in [3.63, 3.8) is 0 Å². The van der Waals surface area contributed by atoms with Crippen molar-refractivity contribution in [3.8, 4) is 5.88 Å². The molecule has 1 aromatic heterocycles. The number of fused-ring (bicyclic) bond motifs is 1. The Morgan fingerprint density at radius 3 is 3.04 bits per heavy atom. The van der Waals surface area contributed by atoms with Gasteiger partial charge in [-0.2, -0.15) is 4.98 Å². The van der Waals surface area contributed by atoms with E-state index in [1.807, 2.05) is 6.92 Å². The first-order valence-corrected chi connectivity index (χ1v) is 8.56. The van der Waals surface area contributed by atoms with E-state index in [1.54, 1.807) is 13.1 Å². The molecule has 2 bridgehead atoms. The number of likely N-dealkylation sites (N-methyl/N-ethyl adjacent to an activating group) is 1. The first kappa shape index (κ1) is 14.9. The summed E-state index contributed by atoms with van der Waals surface area (Å²) in [5.74, 6) is 3.11. The fourth-order valence-corrected chi connectivity index (χ4v) is 5.05. The predicted octanol–water partition coefficient (Wildman–Crippen LogP) is 1.25. The van der Waals surface area contributed by atoms with E-state index in [1.165, 1.54) is 19.4 Å². The van der Waals surface area contributed by atoms with E-state index in [2.05, 4.69) is 27.2 Å². The van der Waals surface area contributed by atoms with Gasteiger partial charge in [0.2, 0.25) is 5.88 Å². The van der Waals surface area contributed by atoms with Crippen molar-refractivity contribution in [1.82, 2.24) is 20.2 Å². The topological polar surface area (TPSA) is 67.3 Å². The molecule has 3 aliphatic rings. The molecule has 0 aromatic carbocycles. The van der Waals surface area contributed by atoms with E-state index in [-0.39, 0.29) is 11.9 Å². The van der Waals surface area contributed by atoms with E-state index < -0.39 is 0 Å². The lowest BCUT2D eigenvalue weighted by Gasteiger charge is -2.31. The minimum Gasteiger partial charge on any atom is -0.477 e. The van der Waals surface area contributed by atoms with Gasteiger partial charge in [0.25, 0.3) is 5.91 Å². The molecule has 1 amide bonds. The highest BCUT2D eigenvalue weighted by Gasteiger charge is 2.58. The lowest BCUT2D eigenvalue weighted by Crippen LogP contribution is -2.50. The number of hydrogen-bond donors (Lipinski definition) is 1. The highest BCUT2D eigenvalue weighted by molar-refractivity contribution is 5.96. The molecule has 0 unspecified atom stereocenters. The first-order chi connectivity index (χ1) is 11.1. The van der Waals surface area contributed by atoms with Gasteiger partial charge in [-0.05, 0) is 51.5 Å². The van der Waals surface area contributed by atoms with Crippen molar-refractivity contribution in [2.45, 2.75) is 38.8 Å². The van der Waals surface area contributed by atoms with Crippen LogP contribution in [0.5, 0.6) is 5.88 Å². The number of ether oxygens (including phenoxy) is 1. The third-order valence-electron chi connectivity index (χ3n) is 5.83. The minimum absolute atomic E-state index is 0.108. The van der Waals surface area contributed by atoms with Gasteiger partial charge in [0.1, 0.15) is 11.4 Å². The van der Waals surface area contributed by atoms with Crippen molar-refractivity contribution in [1.29, 1.82) is 0 Å². The second-order valence-electron chi connectivity index (χ2n) is 7.15. The maximum atomic E-state index is 12.8. The number of carbonyl (C=O) groups excluding carboxylic acids is 1. The molecule has 2 saturated carbocycles. The molecule has 2 heterocycles. The van der Waals surface area contributed by atoms with Crippen LogP contribution in [0.15, 0.2) is 6.20 Å². The molecule has 1 aromatic rings. The summed E-state index contributed by atoms with van der Waals surface area (Å²) in [6, 6.07) is 0.733. The van der Waals surface area contributed by atoms with Gasteiger partial charge in [0.05, 0.1) is 6.61 Å². The van der Waals surface area contributed by atoms with E-state index in [9.17, 15) is 4.79 Å². The van der Waals surface area contributed by atoms with Gasteiger partial charge in [0, 0.05) is 24.8 Å². The zero-order chi connectivity index (χ0) is 16.1. The number of aryl methyl sites for hydroxylation is 1. The van der Waals surface area contributed by atoms with Gasteiger partial charge in [0.15, 0.2) is 0 Å². The summed E-state index contributed by atoms with van der Waals surface area (Å²) >= 11 is 0. The molecular weight excluding hydrogens is 292 g/mol. The zero-order valence-electron chi connectivity index (χ0n) is 14.0. The lowest BCUT2D eigenvalue weighted by molar-refractivity contribution is 0.0893. The number of aromatic nitrogens is 2. The van der Waals surface area contributed by atoms with Crippen LogP contribution in [-0.2, 0) is 0 Å². The molecule has 0 radical (unpaired) electrons. The Morgan fingerprint density at radius 2 is 2.26 bits per heavy atom. The molecule has 3 fully saturated rings. The van der Waals surface area contributed by atoms with Crippen molar-refractivity contribution >= 4 is 5.91 Å². The molecule has 1 saturated heterocycles. The zero-order valence-corrected chi connectivity index (χ0v) is 14.0. The Labute approximate surface area is 136 Å². The summed E-state index contributed by atoms with van der Waals surface area (Å²) in [6.07, 6.45) is 4.09. The smallest absolute Gasteiger partial charge is 0.258 e. The minimum atomic E-state index is -0.108. The van der Waals surface area contributed by atoms with Gasteiger partial charge in [-0.1, -0.05) is 0 Å². The van der Waals surface area contributed by atoms with E-state index in [0.29, 0.717) is 35.8 Å². The van der Waals surface area contributed by atoms with Crippen LogP contribution in [0.25, 0.3) is 0 Å². The van der Waals surface area contributed by atoms with Crippen molar-refractivity contribution in [3.05, 3.63) is 17.6 Å². The largest absolute Gasteiger partial charge is 0.477 e. The number of likely N-dealkylation sites (tertiary alicyclic amines) is 1. The summed E-state index contributed by atoms with van der Waals surface area (Å²) in [6.45, 7) is 5.35. The lowest BCUT2D eigenvalue weighted by atomic mass is 9.86. The molecular formula is C17H24N4O2. The predicted molar refractivity (Wildman–Crippen MR) is 85.3 cm³/mol. The monoisotopic (exact) mass is 316 g/mol. The number of amides is 1. The van der Waals surface area contributed by atoms with Crippen LogP contribution < -0.4 is 10.1 Å². The van der Waals surface area contributed by atoms with Crippen LogP contribution >= 0.6 is 0 Å². The summed E-state index contributed by atoms with van der Waals surface area (Å²) in [7, 11) is 2.19. The highest BCUT2D eigenvalue weighted by Crippen LogP contribution is 2.54. The van der Waals surface area contributed by atoms with Crippen LogP contribution in [0.3, 0.4) is 0 Å². The van der Waals surface area contributed by atoms with Gasteiger partial charge >= 0.3 is 0 Å². The van der Waals surface area contributed by atoms with Crippen molar-refractivity contribution in [2.24, 2.45) is 17.8 Å². The Kier molecular flexibility index (Phi) is 3.52. The molecule has 1 aliphatic heterocycles. The summed E-state index contributed by atoms with van der Waals surface area (Å²) in [5, 5.41) is 3.26. The third kappa shape index (κ3) is 2.31. The second-order valence-corrected chi connectivity index (χ2v) is 7.15. The van der Waals surface area contributed by atoms with Crippen LogP contribution in [0.2, 0.25) is 0 Å². The summed E-state index contributed by atoms with van der Waals surface area (Å²) in [4.78, 5) is 23.6. The average molecular weight is 316 g/mol. The Balaban J connectivity index is 1.55. The number of rotatable bonds is 4. The highest BCUT2D eigenvalue weighted by atomic mass is 16.5. The molecule has 6 nitrogen and oxygen atoms in total. The van der Waals surface area contributed by atoms with E-state index >= 15 is 0 Å². The first-order valence-electron chi connectivity index (χ1n) is 8.56. The van der Waals surface area contributed by atoms with Crippen LogP contribution in [0.4, 0.5) is 0 Å². The molecule has 4 rings (SSSR count). The number of nitrogens with one attached hydrogen (secondary N) is 1. The Hall–Kier alpha value is -1.69. The number of hydrogen-bond acceptors (Lipinski definition) is 5. The number of carbonyl (C=O) groups is 1. The molecule has 1 N–H and O–H groups in total. The SMILES string of the molecule is CCOc1nc(C)ncc1C(=O)N[C@H]1[C@H]2C[C@H]3CN(C)[C@H]1[C@@H]3C2. The molecule has 0 spiro atoms. The standard InChI is InChI=1S/C17H24N4O2/c1-4-23-17-13(7-18-9(2)19-17)16(22)20-14-10-5-11-8-21(3)15(14)12(11)6-10/h7,10-12,14-15H,4-6,8H2,1-3H3,(H,20,22)/t10-,11-,12+,14-,15-/m0/s1. The van der Waals surface area contributed by atoms with E-state index in [4.69, 9.17) is 4.74 Å². The molecule has 5 atom stereocenters. The van der Waals surface area contributed by atoms with Gasteiger partial charge in [-0.15, -0.1) is 0 Å². The Bertz CT molecular complexity index is 633. The van der Waals surface area contributed by atoms with Gasteiger partial charge in [-0.25, -0.2) is 4.98 Å². The van der Waals surface area contributed by atoms with Crippen molar-refractivity contribution < 1.29 is 9.53 Å². The normalized spacial score (nSPS) is 34.8. The molecule has 23 heavy (non-hydrogen) atoms. The Morgan fingerprint density at radius 1 is 1.43 bits per heavy atom. The quantitative estimate of drug-likeness (QED) is 0.905.